The third-order valence-electron chi connectivity index (χ3n) is 3.25. The predicted octanol–water partition coefficient (Wildman–Crippen LogP) is 2.38. The van der Waals surface area contributed by atoms with Crippen LogP contribution in [0.15, 0.2) is 48.5 Å². The van der Waals surface area contributed by atoms with E-state index < -0.39 is 16.9 Å². The summed E-state index contributed by atoms with van der Waals surface area (Å²) in [6.45, 7) is 0.0703. The van der Waals surface area contributed by atoms with Crippen LogP contribution in [0.2, 0.25) is 0 Å². The van der Waals surface area contributed by atoms with Gasteiger partial charge in [0.1, 0.15) is 18.1 Å². The fourth-order valence-corrected chi connectivity index (χ4v) is 1.93. The Morgan fingerprint density at radius 2 is 1.59 bits per heavy atom. The summed E-state index contributed by atoms with van der Waals surface area (Å²) in [6, 6.07) is 11.2. The number of benzene rings is 2. The highest BCUT2D eigenvalue weighted by Crippen LogP contribution is 2.18. The Balaban J connectivity index is 1.81. The second-order valence-electron chi connectivity index (χ2n) is 5.17. The fraction of sp³-hybridized carbons (Fsp3) is 0.222. The lowest BCUT2D eigenvalue weighted by Gasteiger charge is -2.08. The molecule has 0 saturated carbocycles. The third kappa shape index (κ3) is 6.40. The van der Waals surface area contributed by atoms with Gasteiger partial charge in [0.05, 0.1) is 17.1 Å². The normalized spacial score (nSPS) is 10.1. The van der Waals surface area contributed by atoms with Crippen LogP contribution in [0.3, 0.4) is 0 Å². The van der Waals surface area contributed by atoms with Gasteiger partial charge in [-0.05, 0) is 36.4 Å². The molecule has 0 aliphatic rings. The smallest absolute Gasteiger partial charge is 0.349 e. The molecular weight excluding hydrogens is 358 g/mol. The number of hydrogen-bond donors (Lipinski definition) is 0. The van der Waals surface area contributed by atoms with Crippen molar-refractivity contribution in [1.82, 2.24) is 0 Å². The molecule has 0 aliphatic carbocycles. The summed E-state index contributed by atoms with van der Waals surface area (Å²) < 4.78 is 20.0. The summed E-state index contributed by atoms with van der Waals surface area (Å²) in [5, 5.41) is 10.6. The first-order valence-corrected chi connectivity index (χ1v) is 7.83. The van der Waals surface area contributed by atoms with Crippen LogP contribution in [0.5, 0.6) is 11.5 Å². The van der Waals surface area contributed by atoms with Crippen LogP contribution in [-0.2, 0) is 14.3 Å². The van der Waals surface area contributed by atoms with Crippen LogP contribution >= 0.6 is 0 Å². The molecule has 0 aliphatic heterocycles. The number of carbonyl (C=O) groups is 2. The van der Waals surface area contributed by atoms with Crippen molar-refractivity contribution in [3.05, 3.63) is 64.2 Å². The molecule has 0 radical (unpaired) electrons. The molecule has 2 aromatic carbocycles. The average molecular weight is 375 g/mol. The monoisotopic (exact) mass is 375 g/mol. The molecule has 2 aromatic rings. The first-order chi connectivity index (χ1) is 13.0. The summed E-state index contributed by atoms with van der Waals surface area (Å²) in [5.41, 5.74) is 0.235. The molecule has 9 nitrogen and oxygen atoms in total. The number of methoxy groups -OCH3 is 1. The van der Waals surface area contributed by atoms with E-state index in [1.807, 2.05) is 0 Å². The molecule has 0 amide bonds. The van der Waals surface area contributed by atoms with Gasteiger partial charge in [0.15, 0.2) is 6.61 Å². The van der Waals surface area contributed by atoms with Gasteiger partial charge in [-0.2, -0.15) is 0 Å². The predicted molar refractivity (Wildman–Crippen MR) is 92.8 cm³/mol. The summed E-state index contributed by atoms with van der Waals surface area (Å²) in [5.74, 6) is -0.636. The number of carbonyl (C=O) groups excluding carboxylic acids is 2. The standard InChI is InChI=1S/C18H17NO8/c1-24-10-11-25-18(21)13-2-6-16(7-3-13)27-17(20)12-26-15-8-4-14(5-9-15)19(22)23/h2-9H,10-12H2,1H3. The summed E-state index contributed by atoms with van der Waals surface area (Å²) in [4.78, 5) is 33.6. The molecule has 0 N–H and O–H groups in total. The molecule has 0 unspecified atom stereocenters. The molecule has 2 rings (SSSR count). The largest absolute Gasteiger partial charge is 0.482 e. The van der Waals surface area contributed by atoms with Crippen LogP contribution in [0, 0.1) is 10.1 Å². The van der Waals surface area contributed by atoms with E-state index in [2.05, 4.69) is 0 Å². The van der Waals surface area contributed by atoms with Crippen LogP contribution in [0.25, 0.3) is 0 Å². The van der Waals surface area contributed by atoms with E-state index in [0.29, 0.717) is 17.9 Å². The molecule has 0 atom stereocenters. The lowest BCUT2D eigenvalue weighted by molar-refractivity contribution is -0.384. The van der Waals surface area contributed by atoms with E-state index in [0.717, 1.165) is 0 Å². The van der Waals surface area contributed by atoms with Crippen LogP contribution in [-0.4, -0.2) is 43.8 Å². The molecule has 0 saturated heterocycles. The topological polar surface area (TPSA) is 114 Å². The second-order valence-corrected chi connectivity index (χ2v) is 5.17. The summed E-state index contributed by atoms with van der Waals surface area (Å²) >= 11 is 0. The first kappa shape index (κ1) is 19.9. The van der Waals surface area contributed by atoms with Crippen molar-refractivity contribution in [2.45, 2.75) is 0 Å². The molecule has 142 valence electrons. The number of nitro benzene ring substituents is 1. The molecule has 0 bridgehead atoms. The Kier molecular flexibility index (Phi) is 7.26. The molecule has 27 heavy (non-hydrogen) atoms. The van der Waals surface area contributed by atoms with Crippen molar-refractivity contribution in [3.63, 3.8) is 0 Å². The number of nitro groups is 1. The van der Waals surface area contributed by atoms with E-state index in [1.165, 1.54) is 55.6 Å². The van der Waals surface area contributed by atoms with Crippen molar-refractivity contribution < 1.29 is 33.5 Å². The fourth-order valence-electron chi connectivity index (χ4n) is 1.93. The zero-order chi connectivity index (χ0) is 19.6. The number of esters is 2. The van der Waals surface area contributed by atoms with Gasteiger partial charge < -0.3 is 18.9 Å². The highest BCUT2D eigenvalue weighted by Gasteiger charge is 2.10. The molecule has 9 heteroatoms. The Hall–Kier alpha value is -3.46. The highest BCUT2D eigenvalue weighted by atomic mass is 16.6. The molecule has 0 fully saturated rings. The minimum Gasteiger partial charge on any atom is -0.482 e. The summed E-state index contributed by atoms with van der Waals surface area (Å²) in [7, 11) is 1.50. The van der Waals surface area contributed by atoms with Gasteiger partial charge >= 0.3 is 11.9 Å². The summed E-state index contributed by atoms with van der Waals surface area (Å²) in [6.07, 6.45) is 0. The Labute approximate surface area is 154 Å². The minimum atomic E-state index is -0.663. The maximum absolute atomic E-state index is 11.8. The van der Waals surface area contributed by atoms with Crippen LogP contribution in [0.1, 0.15) is 10.4 Å². The number of nitrogens with zero attached hydrogens (tertiary/aromatic N) is 1. The van der Waals surface area contributed by atoms with Gasteiger partial charge in [0.25, 0.3) is 5.69 Å². The van der Waals surface area contributed by atoms with E-state index in [-0.39, 0.29) is 24.7 Å². The van der Waals surface area contributed by atoms with Gasteiger partial charge in [0.2, 0.25) is 0 Å². The van der Waals surface area contributed by atoms with E-state index >= 15 is 0 Å². The van der Waals surface area contributed by atoms with Gasteiger partial charge in [-0.3, -0.25) is 10.1 Å². The second kappa shape index (κ2) is 9.88. The van der Waals surface area contributed by atoms with E-state index in [4.69, 9.17) is 18.9 Å². The quantitative estimate of drug-likeness (QED) is 0.216. The Morgan fingerprint density at radius 3 is 2.19 bits per heavy atom. The molecule has 0 spiro atoms. The van der Waals surface area contributed by atoms with Crippen molar-refractivity contribution in [1.29, 1.82) is 0 Å². The van der Waals surface area contributed by atoms with Crippen molar-refractivity contribution in [3.8, 4) is 11.5 Å². The van der Waals surface area contributed by atoms with Crippen molar-refractivity contribution in [2.75, 3.05) is 26.9 Å². The number of non-ortho nitro benzene ring substituents is 1. The van der Waals surface area contributed by atoms with Crippen LogP contribution < -0.4 is 9.47 Å². The Bertz CT molecular complexity index is 786. The maximum Gasteiger partial charge on any atom is 0.349 e. The SMILES string of the molecule is COCCOC(=O)c1ccc(OC(=O)COc2ccc([N+](=O)[O-])cc2)cc1. The average Bonchev–Trinajstić information content (AvgIpc) is 2.67. The van der Waals surface area contributed by atoms with Crippen molar-refractivity contribution >= 4 is 17.6 Å². The third-order valence-corrected chi connectivity index (χ3v) is 3.25. The first-order valence-electron chi connectivity index (χ1n) is 7.83. The minimum absolute atomic E-state index is 0.0780. The zero-order valence-corrected chi connectivity index (χ0v) is 14.5. The molecule has 0 aromatic heterocycles. The van der Waals surface area contributed by atoms with Gasteiger partial charge in [-0.1, -0.05) is 0 Å². The Morgan fingerprint density at radius 1 is 0.963 bits per heavy atom. The van der Waals surface area contributed by atoms with Gasteiger partial charge in [0, 0.05) is 19.2 Å². The molecular formula is C18H17NO8. The number of rotatable bonds is 9. The number of ether oxygens (including phenoxy) is 4. The van der Waals surface area contributed by atoms with Gasteiger partial charge in [-0.15, -0.1) is 0 Å². The highest BCUT2D eigenvalue weighted by molar-refractivity contribution is 5.89. The van der Waals surface area contributed by atoms with Crippen LogP contribution in [0.4, 0.5) is 5.69 Å². The lowest BCUT2D eigenvalue weighted by atomic mass is 10.2. The lowest BCUT2D eigenvalue weighted by Crippen LogP contribution is -2.17. The maximum atomic E-state index is 11.8. The zero-order valence-electron chi connectivity index (χ0n) is 14.5. The van der Waals surface area contributed by atoms with Gasteiger partial charge in [-0.25, -0.2) is 9.59 Å². The van der Waals surface area contributed by atoms with E-state index in [1.54, 1.807) is 0 Å². The van der Waals surface area contributed by atoms with E-state index in [9.17, 15) is 19.7 Å². The molecule has 0 heterocycles. The number of hydrogen-bond acceptors (Lipinski definition) is 8. The van der Waals surface area contributed by atoms with Crippen molar-refractivity contribution in [2.24, 2.45) is 0 Å².